The van der Waals surface area contributed by atoms with E-state index in [9.17, 15) is 13.2 Å². The molecular formula is C20H17F3N4OS. The summed E-state index contributed by atoms with van der Waals surface area (Å²) in [6.45, 7) is 0.368. The maximum Gasteiger partial charge on any atom is 0.416 e. The van der Waals surface area contributed by atoms with Crippen molar-refractivity contribution in [2.45, 2.75) is 17.6 Å². The van der Waals surface area contributed by atoms with Gasteiger partial charge < -0.3 is 19.4 Å². The molecule has 5 nitrogen and oxygen atoms in total. The van der Waals surface area contributed by atoms with Gasteiger partial charge in [-0.15, -0.1) is 0 Å². The van der Waals surface area contributed by atoms with Crippen molar-refractivity contribution in [3.05, 3.63) is 72.3 Å². The molecule has 29 heavy (non-hydrogen) atoms. The van der Waals surface area contributed by atoms with Gasteiger partial charge in [0.05, 0.1) is 30.4 Å². The quantitative estimate of drug-likeness (QED) is 0.339. The zero-order valence-electron chi connectivity index (χ0n) is 15.1. The molecule has 9 heteroatoms. The predicted octanol–water partition coefficient (Wildman–Crippen LogP) is 5.65. The van der Waals surface area contributed by atoms with E-state index in [4.69, 9.17) is 4.74 Å². The lowest BCUT2D eigenvalue weighted by molar-refractivity contribution is -0.137. The summed E-state index contributed by atoms with van der Waals surface area (Å²) in [5.41, 5.74) is 2.34. The Bertz CT molecular complexity index is 1080. The lowest BCUT2D eigenvalue weighted by Gasteiger charge is -2.09. The van der Waals surface area contributed by atoms with Crippen LogP contribution in [0.15, 0.2) is 66.2 Å². The van der Waals surface area contributed by atoms with Crippen LogP contribution < -0.4 is 9.46 Å². The number of H-pyrrole nitrogens is 2. The largest absolute Gasteiger partial charge is 0.493 e. The molecule has 0 amide bonds. The number of rotatable bonds is 7. The summed E-state index contributed by atoms with van der Waals surface area (Å²) in [5.74, 6) is 0.416. The van der Waals surface area contributed by atoms with E-state index >= 15 is 0 Å². The van der Waals surface area contributed by atoms with Gasteiger partial charge in [-0.1, -0.05) is 6.07 Å². The number of nitrogens with zero attached hydrogens (tertiary/aromatic N) is 1. The van der Waals surface area contributed by atoms with Gasteiger partial charge in [0.15, 0.2) is 0 Å². The van der Waals surface area contributed by atoms with Gasteiger partial charge in [-0.3, -0.25) is 0 Å². The van der Waals surface area contributed by atoms with Crippen LogP contribution in [-0.4, -0.2) is 21.6 Å². The number of anilines is 1. The van der Waals surface area contributed by atoms with Crippen molar-refractivity contribution < 1.29 is 17.9 Å². The highest BCUT2D eigenvalue weighted by Gasteiger charge is 2.29. The third-order valence-electron chi connectivity index (χ3n) is 4.33. The van der Waals surface area contributed by atoms with E-state index in [0.29, 0.717) is 18.8 Å². The van der Waals surface area contributed by atoms with Gasteiger partial charge in [0, 0.05) is 35.5 Å². The van der Waals surface area contributed by atoms with Crippen LogP contribution in [-0.2, 0) is 12.6 Å². The van der Waals surface area contributed by atoms with E-state index in [0.717, 1.165) is 39.3 Å². The summed E-state index contributed by atoms with van der Waals surface area (Å²) in [4.78, 5) is 10.2. The molecule has 0 saturated heterocycles. The maximum atomic E-state index is 12.6. The van der Waals surface area contributed by atoms with Crippen LogP contribution >= 0.6 is 11.9 Å². The number of benzene rings is 2. The summed E-state index contributed by atoms with van der Waals surface area (Å²) in [7, 11) is 0. The molecule has 150 valence electrons. The summed E-state index contributed by atoms with van der Waals surface area (Å²) in [6.07, 6.45) is 1.54. The van der Waals surface area contributed by atoms with Crippen molar-refractivity contribution in [2.75, 3.05) is 11.3 Å². The molecule has 0 bridgehead atoms. The van der Waals surface area contributed by atoms with Crippen molar-refractivity contribution in [3.63, 3.8) is 0 Å². The predicted molar refractivity (Wildman–Crippen MR) is 107 cm³/mol. The van der Waals surface area contributed by atoms with E-state index in [2.05, 4.69) is 25.7 Å². The van der Waals surface area contributed by atoms with Crippen molar-refractivity contribution in [3.8, 4) is 5.75 Å². The van der Waals surface area contributed by atoms with E-state index in [1.54, 1.807) is 12.5 Å². The van der Waals surface area contributed by atoms with Crippen molar-refractivity contribution in [2.24, 2.45) is 0 Å². The number of hydrogen-bond acceptors (Lipinski definition) is 4. The molecule has 0 saturated carbocycles. The first kappa shape index (κ1) is 19.3. The normalized spacial score (nSPS) is 11.7. The monoisotopic (exact) mass is 418 g/mol. The Morgan fingerprint density at radius 3 is 2.62 bits per heavy atom. The molecule has 0 aliphatic rings. The lowest BCUT2D eigenvalue weighted by Crippen LogP contribution is -2.05. The highest BCUT2D eigenvalue weighted by molar-refractivity contribution is 8.00. The standard InChI is InChI=1S/C20H17F3N4OS/c21-20(22,23)14-2-4-15(5-3-14)28-8-7-13-1-6-17-16(9-13)18(10-25-17)27-29-19-11-24-12-26-19/h1-6,9-12,25,27H,7-8H2,(H,24,26). The number of fused-ring (bicyclic) bond motifs is 1. The van der Waals surface area contributed by atoms with E-state index < -0.39 is 11.7 Å². The first-order valence-electron chi connectivity index (χ1n) is 8.80. The molecule has 4 aromatic rings. The van der Waals surface area contributed by atoms with E-state index in [1.807, 2.05) is 18.3 Å². The molecule has 0 unspecified atom stereocenters. The van der Waals surface area contributed by atoms with E-state index in [1.165, 1.54) is 24.1 Å². The van der Waals surface area contributed by atoms with Gasteiger partial charge in [0.25, 0.3) is 0 Å². The Kier molecular flexibility index (Phi) is 5.39. The second kappa shape index (κ2) is 8.12. The number of halogens is 3. The molecule has 4 rings (SSSR count). The first-order chi connectivity index (χ1) is 14.0. The number of aromatic nitrogens is 3. The average Bonchev–Trinajstić information content (AvgIpc) is 3.35. The van der Waals surface area contributed by atoms with Gasteiger partial charge in [0.2, 0.25) is 0 Å². The van der Waals surface area contributed by atoms with Crippen LogP contribution in [0.3, 0.4) is 0 Å². The van der Waals surface area contributed by atoms with Crippen molar-refractivity contribution in [1.29, 1.82) is 0 Å². The van der Waals surface area contributed by atoms with Crippen LogP contribution in [0.2, 0.25) is 0 Å². The fourth-order valence-electron chi connectivity index (χ4n) is 2.84. The zero-order valence-corrected chi connectivity index (χ0v) is 15.9. The van der Waals surface area contributed by atoms with Gasteiger partial charge in [-0.25, -0.2) is 4.98 Å². The third kappa shape index (κ3) is 4.68. The molecule has 0 spiro atoms. The zero-order chi connectivity index (χ0) is 20.3. The topological polar surface area (TPSA) is 65.7 Å². The molecule has 0 atom stereocenters. The Labute approximate surface area is 168 Å². The minimum atomic E-state index is -4.34. The van der Waals surface area contributed by atoms with E-state index in [-0.39, 0.29) is 0 Å². The highest BCUT2D eigenvalue weighted by Crippen LogP contribution is 2.31. The van der Waals surface area contributed by atoms with Crippen molar-refractivity contribution in [1.82, 2.24) is 15.0 Å². The number of aromatic amines is 2. The molecular weight excluding hydrogens is 401 g/mol. The molecule has 2 aromatic carbocycles. The minimum Gasteiger partial charge on any atom is -0.493 e. The fraction of sp³-hybridized carbons (Fsp3) is 0.150. The highest BCUT2D eigenvalue weighted by atomic mass is 32.2. The van der Waals surface area contributed by atoms with Gasteiger partial charge in [0.1, 0.15) is 10.8 Å². The number of alkyl halides is 3. The summed E-state index contributed by atoms with van der Waals surface area (Å²) in [5, 5.41) is 1.95. The second-order valence-electron chi connectivity index (χ2n) is 6.32. The number of ether oxygens (including phenoxy) is 1. The average molecular weight is 418 g/mol. The Morgan fingerprint density at radius 1 is 1.07 bits per heavy atom. The molecule has 2 heterocycles. The molecule has 0 fully saturated rings. The molecule has 2 aromatic heterocycles. The lowest BCUT2D eigenvalue weighted by atomic mass is 10.1. The van der Waals surface area contributed by atoms with Gasteiger partial charge >= 0.3 is 6.18 Å². The third-order valence-corrected chi connectivity index (χ3v) is 5.10. The van der Waals surface area contributed by atoms with Crippen molar-refractivity contribution >= 4 is 28.5 Å². The first-order valence-corrected chi connectivity index (χ1v) is 9.62. The molecule has 3 N–H and O–H groups in total. The summed E-state index contributed by atoms with van der Waals surface area (Å²) >= 11 is 1.43. The number of imidazole rings is 1. The van der Waals surface area contributed by atoms with Crippen LogP contribution in [0.1, 0.15) is 11.1 Å². The van der Waals surface area contributed by atoms with Crippen LogP contribution in [0.25, 0.3) is 10.9 Å². The second-order valence-corrected chi connectivity index (χ2v) is 7.17. The number of nitrogens with one attached hydrogen (secondary N) is 3. The minimum absolute atomic E-state index is 0.368. The Hall–Kier alpha value is -3.07. The fourth-order valence-corrected chi connectivity index (χ4v) is 3.46. The van der Waals surface area contributed by atoms with Gasteiger partial charge in [-0.05, 0) is 42.0 Å². The van der Waals surface area contributed by atoms with Crippen LogP contribution in [0, 0.1) is 0 Å². The molecule has 0 aliphatic carbocycles. The number of hydrogen-bond donors (Lipinski definition) is 3. The smallest absolute Gasteiger partial charge is 0.416 e. The molecule has 0 aliphatic heterocycles. The van der Waals surface area contributed by atoms with Crippen LogP contribution in [0.5, 0.6) is 5.75 Å². The van der Waals surface area contributed by atoms with Crippen LogP contribution in [0.4, 0.5) is 18.9 Å². The Balaban J connectivity index is 1.37. The SMILES string of the molecule is FC(F)(F)c1ccc(OCCc2ccc3[nH]cc(NSc4cnc[nH]4)c3c2)cc1. The summed E-state index contributed by atoms with van der Waals surface area (Å²) in [6, 6.07) is 10.8. The Morgan fingerprint density at radius 2 is 1.90 bits per heavy atom. The molecule has 0 radical (unpaired) electrons. The van der Waals surface area contributed by atoms with Gasteiger partial charge in [-0.2, -0.15) is 13.2 Å². The maximum absolute atomic E-state index is 12.6. The summed E-state index contributed by atoms with van der Waals surface area (Å²) < 4.78 is 46.7.